The molecule has 0 unspecified atom stereocenters. The second-order valence-electron chi connectivity index (χ2n) is 3.12. The maximum atomic E-state index is 11.5. The van der Waals surface area contributed by atoms with Crippen LogP contribution >= 0.6 is 15.9 Å². The lowest BCUT2D eigenvalue weighted by Gasteiger charge is -2.26. The minimum Gasteiger partial charge on any atom is -0.340 e. The van der Waals surface area contributed by atoms with Crippen LogP contribution in [0.25, 0.3) is 0 Å². The van der Waals surface area contributed by atoms with Crippen LogP contribution in [0, 0.1) is 0 Å². The van der Waals surface area contributed by atoms with E-state index >= 15 is 0 Å². The zero-order chi connectivity index (χ0) is 9.56. The number of carbonyl (C=O) groups is 1. The lowest BCUT2D eigenvalue weighted by molar-refractivity contribution is -0.132. The van der Waals surface area contributed by atoms with Crippen LogP contribution in [-0.2, 0) is 4.79 Å². The molecule has 0 rings (SSSR count). The van der Waals surface area contributed by atoms with Crippen molar-refractivity contribution >= 4 is 21.8 Å². The molecule has 0 aromatic heterocycles. The van der Waals surface area contributed by atoms with Crippen LogP contribution in [0.4, 0.5) is 0 Å². The van der Waals surface area contributed by atoms with Gasteiger partial charge in [0.2, 0.25) is 5.91 Å². The van der Waals surface area contributed by atoms with Crippen LogP contribution in [-0.4, -0.2) is 28.7 Å². The van der Waals surface area contributed by atoms with Crippen molar-refractivity contribution < 1.29 is 4.79 Å². The molecule has 0 bridgehead atoms. The SMILES string of the molecule is CCCN(C(=O)CCBr)C(C)C. The lowest BCUT2D eigenvalue weighted by Crippen LogP contribution is -2.37. The van der Waals surface area contributed by atoms with Gasteiger partial charge >= 0.3 is 0 Å². The number of nitrogens with zero attached hydrogens (tertiary/aromatic N) is 1. The quantitative estimate of drug-likeness (QED) is 0.671. The molecule has 0 radical (unpaired) electrons. The first kappa shape index (κ1) is 11.9. The summed E-state index contributed by atoms with van der Waals surface area (Å²) in [4.78, 5) is 13.4. The van der Waals surface area contributed by atoms with Crippen LogP contribution in [0.1, 0.15) is 33.6 Å². The number of amides is 1. The molecule has 1 amide bonds. The monoisotopic (exact) mass is 235 g/mol. The molecule has 0 heterocycles. The van der Waals surface area contributed by atoms with Crippen molar-refractivity contribution in [2.24, 2.45) is 0 Å². The fourth-order valence-electron chi connectivity index (χ4n) is 1.14. The minimum absolute atomic E-state index is 0.253. The van der Waals surface area contributed by atoms with Crippen molar-refractivity contribution in [2.45, 2.75) is 39.7 Å². The van der Waals surface area contributed by atoms with Crippen molar-refractivity contribution in [2.75, 3.05) is 11.9 Å². The fraction of sp³-hybridized carbons (Fsp3) is 0.889. The first-order valence-corrected chi connectivity index (χ1v) is 5.61. The Morgan fingerprint density at radius 3 is 2.42 bits per heavy atom. The molecule has 0 N–H and O–H groups in total. The summed E-state index contributed by atoms with van der Waals surface area (Å²) in [6, 6.07) is 0.330. The zero-order valence-corrected chi connectivity index (χ0v) is 9.73. The van der Waals surface area contributed by atoms with Crippen molar-refractivity contribution in [1.29, 1.82) is 0 Å². The molecule has 0 aliphatic rings. The van der Waals surface area contributed by atoms with E-state index in [9.17, 15) is 4.79 Å². The van der Waals surface area contributed by atoms with Gasteiger partial charge < -0.3 is 4.90 Å². The van der Waals surface area contributed by atoms with Crippen LogP contribution in [0.3, 0.4) is 0 Å². The van der Waals surface area contributed by atoms with Crippen molar-refractivity contribution in [3.05, 3.63) is 0 Å². The lowest BCUT2D eigenvalue weighted by atomic mass is 10.2. The fourth-order valence-corrected chi connectivity index (χ4v) is 1.48. The summed E-state index contributed by atoms with van der Waals surface area (Å²) in [5.74, 6) is 0.253. The van der Waals surface area contributed by atoms with E-state index in [0.29, 0.717) is 12.5 Å². The van der Waals surface area contributed by atoms with Gasteiger partial charge in [-0.3, -0.25) is 4.79 Å². The molecule has 72 valence electrons. The van der Waals surface area contributed by atoms with E-state index in [1.165, 1.54) is 0 Å². The smallest absolute Gasteiger partial charge is 0.223 e. The third-order valence-corrected chi connectivity index (χ3v) is 2.11. The number of rotatable bonds is 5. The van der Waals surface area contributed by atoms with Crippen LogP contribution < -0.4 is 0 Å². The Balaban J connectivity index is 4.00. The molecule has 2 nitrogen and oxygen atoms in total. The van der Waals surface area contributed by atoms with E-state index in [4.69, 9.17) is 0 Å². The molecule has 0 fully saturated rings. The van der Waals surface area contributed by atoms with Gasteiger partial charge in [0.05, 0.1) is 0 Å². The Bertz CT molecular complexity index is 136. The molecule has 3 heteroatoms. The number of halogens is 1. The molecule has 0 aliphatic carbocycles. The van der Waals surface area contributed by atoms with Crippen LogP contribution in [0.15, 0.2) is 0 Å². The van der Waals surface area contributed by atoms with Crippen molar-refractivity contribution in [3.63, 3.8) is 0 Å². The number of carbonyl (C=O) groups excluding carboxylic acids is 1. The van der Waals surface area contributed by atoms with Gasteiger partial charge in [-0.05, 0) is 20.3 Å². The van der Waals surface area contributed by atoms with E-state index in [0.717, 1.165) is 18.3 Å². The molecular formula is C9H18BrNO. The Morgan fingerprint density at radius 1 is 1.50 bits per heavy atom. The predicted molar refractivity (Wildman–Crippen MR) is 55.6 cm³/mol. The first-order valence-electron chi connectivity index (χ1n) is 4.48. The zero-order valence-electron chi connectivity index (χ0n) is 8.14. The maximum Gasteiger partial charge on any atom is 0.223 e. The Hall–Kier alpha value is -0.0500. The van der Waals surface area contributed by atoms with Crippen molar-refractivity contribution in [1.82, 2.24) is 4.90 Å². The highest BCUT2D eigenvalue weighted by Crippen LogP contribution is 2.04. The van der Waals surface area contributed by atoms with E-state index in [-0.39, 0.29) is 5.91 Å². The highest BCUT2D eigenvalue weighted by atomic mass is 79.9. The van der Waals surface area contributed by atoms with Gasteiger partial charge in [0.15, 0.2) is 0 Å². The minimum atomic E-state index is 0.253. The summed E-state index contributed by atoms with van der Waals surface area (Å²) in [5.41, 5.74) is 0. The number of alkyl halides is 1. The average molecular weight is 236 g/mol. The molecule has 0 saturated carbocycles. The molecule has 0 aliphatic heterocycles. The second-order valence-corrected chi connectivity index (χ2v) is 3.91. The average Bonchev–Trinajstić information content (AvgIpc) is 1.99. The molecule has 0 aromatic carbocycles. The van der Waals surface area contributed by atoms with E-state index < -0.39 is 0 Å². The summed E-state index contributed by atoms with van der Waals surface area (Å²) >= 11 is 3.27. The Labute approximate surface area is 83.4 Å². The van der Waals surface area contributed by atoms with E-state index in [2.05, 4.69) is 36.7 Å². The van der Waals surface area contributed by atoms with Gasteiger partial charge in [-0.15, -0.1) is 0 Å². The largest absolute Gasteiger partial charge is 0.340 e. The van der Waals surface area contributed by atoms with Crippen LogP contribution in [0.5, 0.6) is 0 Å². The third kappa shape index (κ3) is 4.10. The van der Waals surface area contributed by atoms with E-state index in [1.54, 1.807) is 0 Å². The van der Waals surface area contributed by atoms with Gasteiger partial charge in [-0.2, -0.15) is 0 Å². The molecule has 0 atom stereocenters. The molecule has 12 heavy (non-hydrogen) atoms. The van der Waals surface area contributed by atoms with Crippen LogP contribution in [0.2, 0.25) is 0 Å². The normalized spacial score (nSPS) is 10.4. The third-order valence-electron chi connectivity index (χ3n) is 1.72. The summed E-state index contributed by atoms with van der Waals surface area (Å²) in [7, 11) is 0. The van der Waals surface area contributed by atoms with Crippen molar-refractivity contribution in [3.8, 4) is 0 Å². The van der Waals surface area contributed by atoms with Gasteiger partial charge in [0.25, 0.3) is 0 Å². The molecule has 0 saturated heterocycles. The van der Waals surface area contributed by atoms with Gasteiger partial charge in [-0.1, -0.05) is 22.9 Å². The number of hydrogen-bond acceptors (Lipinski definition) is 1. The summed E-state index contributed by atoms with van der Waals surface area (Å²) < 4.78 is 0. The Kier molecular flexibility index (Phi) is 6.44. The van der Waals surface area contributed by atoms with Gasteiger partial charge in [0, 0.05) is 24.3 Å². The predicted octanol–water partition coefficient (Wildman–Crippen LogP) is 2.42. The van der Waals surface area contributed by atoms with E-state index in [1.807, 2.05) is 4.90 Å². The summed E-state index contributed by atoms with van der Waals surface area (Å²) in [6.07, 6.45) is 1.64. The summed E-state index contributed by atoms with van der Waals surface area (Å²) in [5, 5.41) is 0.763. The second kappa shape index (κ2) is 6.46. The van der Waals surface area contributed by atoms with Gasteiger partial charge in [0.1, 0.15) is 0 Å². The topological polar surface area (TPSA) is 20.3 Å². The maximum absolute atomic E-state index is 11.5. The highest BCUT2D eigenvalue weighted by Gasteiger charge is 2.14. The highest BCUT2D eigenvalue weighted by molar-refractivity contribution is 9.09. The van der Waals surface area contributed by atoms with Gasteiger partial charge in [-0.25, -0.2) is 0 Å². The standard InChI is InChI=1S/C9H18BrNO/c1-4-7-11(8(2)3)9(12)5-6-10/h8H,4-7H2,1-3H3. The Morgan fingerprint density at radius 2 is 2.08 bits per heavy atom. The number of hydrogen-bond donors (Lipinski definition) is 0. The first-order chi connectivity index (χ1) is 5.63. The molecule has 0 spiro atoms. The molecule has 0 aromatic rings. The molecular weight excluding hydrogens is 218 g/mol. The summed E-state index contributed by atoms with van der Waals surface area (Å²) in [6.45, 7) is 7.09.